The molecule has 0 radical (unpaired) electrons. The number of nitrogens with one attached hydrogen (secondary N) is 1. The molecule has 190 valence electrons. The lowest BCUT2D eigenvalue weighted by molar-refractivity contribution is -0.123. The van der Waals surface area contributed by atoms with Gasteiger partial charge in [0.25, 0.3) is 0 Å². The van der Waals surface area contributed by atoms with Gasteiger partial charge in [-0.2, -0.15) is 0 Å². The summed E-state index contributed by atoms with van der Waals surface area (Å²) in [5.74, 6) is 1.41. The maximum atomic E-state index is 13.9. The standard InChI is InChI=1S/C28H26N2O4S3/c1-12-4-7-14(8-5-12)30-26(31)21-15-11-16(22(21)27(30)32)23-20(15)19(24-25(36-23)29-28(35)37-24)13-6-9-17(33-2)18(10-13)34-3/h4-10,15-16,19-23H,11H2,1-3H3,(H,29,35). The normalized spacial score (nSPS) is 31.3. The quantitative estimate of drug-likeness (QED) is 0.327. The fourth-order valence-corrected chi connectivity index (χ4v) is 10.7. The van der Waals surface area contributed by atoms with Gasteiger partial charge in [0.05, 0.1) is 36.8 Å². The molecule has 3 fully saturated rings. The molecular formula is C28H26N2O4S3. The molecule has 1 saturated heterocycles. The molecule has 0 spiro atoms. The lowest BCUT2D eigenvalue weighted by atomic mass is 9.68. The highest BCUT2D eigenvalue weighted by Crippen LogP contribution is 2.69. The summed E-state index contributed by atoms with van der Waals surface area (Å²) in [6.45, 7) is 2.01. The number of methoxy groups -OCH3 is 2. The molecule has 3 aromatic rings. The fourth-order valence-electron chi connectivity index (χ4n) is 7.38. The van der Waals surface area contributed by atoms with Crippen molar-refractivity contribution in [3.8, 4) is 11.5 Å². The second kappa shape index (κ2) is 8.44. The van der Waals surface area contributed by atoms with Crippen LogP contribution in [-0.2, 0) is 9.59 Å². The molecule has 7 rings (SSSR count). The second-order valence-corrected chi connectivity index (χ2v) is 13.3. The number of imide groups is 1. The van der Waals surface area contributed by atoms with Gasteiger partial charge in [-0.1, -0.05) is 23.8 Å². The predicted octanol–water partition coefficient (Wildman–Crippen LogP) is 5.81. The van der Waals surface area contributed by atoms with E-state index >= 15 is 0 Å². The van der Waals surface area contributed by atoms with Gasteiger partial charge < -0.3 is 14.5 Å². The van der Waals surface area contributed by atoms with E-state index in [1.807, 2.05) is 49.0 Å². The number of H-pyrrole nitrogens is 1. The van der Waals surface area contributed by atoms with Gasteiger partial charge in [-0.05, 0) is 73.1 Å². The number of thioether (sulfide) groups is 1. The van der Waals surface area contributed by atoms with Crippen molar-refractivity contribution in [3.63, 3.8) is 0 Å². The molecule has 7 unspecified atom stereocenters. The molecule has 37 heavy (non-hydrogen) atoms. The van der Waals surface area contributed by atoms with Crippen LogP contribution in [0.4, 0.5) is 5.69 Å². The number of carbonyl (C=O) groups is 2. The Morgan fingerprint density at radius 3 is 2.38 bits per heavy atom. The van der Waals surface area contributed by atoms with Crippen molar-refractivity contribution in [2.45, 2.75) is 29.5 Å². The molecule has 2 aromatic carbocycles. The van der Waals surface area contributed by atoms with Gasteiger partial charge in [0.1, 0.15) is 0 Å². The second-order valence-electron chi connectivity index (χ2n) is 10.4. The van der Waals surface area contributed by atoms with E-state index in [-0.39, 0.29) is 52.6 Å². The number of aryl methyl sites for hydroxylation is 1. The first kappa shape index (κ1) is 23.5. The average molecular weight is 551 g/mol. The average Bonchev–Trinajstić information content (AvgIpc) is 3.63. The third-order valence-corrected chi connectivity index (χ3v) is 11.7. The highest BCUT2D eigenvalue weighted by molar-refractivity contribution is 8.00. The number of fused-ring (bicyclic) bond motifs is 9. The molecule has 2 amide bonds. The van der Waals surface area contributed by atoms with Gasteiger partial charge in [0, 0.05) is 16.0 Å². The number of thiazole rings is 1. The fraction of sp³-hybridized carbons (Fsp3) is 0.393. The number of amides is 2. The van der Waals surface area contributed by atoms with E-state index in [4.69, 9.17) is 21.7 Å². The van der Waals surface area contributed by atoms with Crippen molar-refractivity contribution in [2.75, 3.05) is 19.1 Å². The molecule has 3 heterocycles. The smallest absolute Gasteiger partial charge is 0.238 e. The zero-order valence-electron chi connectivity index (χ0n) is 20.6. The van der Waals surface area contributed by atoms with E-state index in [1.165, 1.54) is 9.78 Å². The van der Waals surface area contributed by atoms with Crippen LogP contribution in [-0.4, -0.2) is 36.3 Å². The number of anilines is 1. The molecule has 9 heteroatoms. The van der Waals surface area contributed by atoms with E-state index in [1.54, 1.807) is 25.6 Å². The molecule has 2 bridgehead atoms. The van der Waals surface area contributed by atoms with Gasteiger partial charge in [0.15, 0.2) is 15.5 Å². The van der Waals surface area contributed by atoms with Crippen molar-refractivity contribution >= 4 is 52.8 Å². The SMILES string of the molecule is COc1ccc(C2c3sc(=S)[nH]c3SC3C4CC(C5C(=O)N(c6ccc(C)cc6)C(=O)C45)C23)cc1OC. The lowest BCUT2D eigenvalue weighted by Gasteiger charge is -2.43. The Hall–Kier alpha value is -2.62. The summed E-state index contributed by atoms with van der Waals surface area (Å²) in [4.78, 5) is 33.7. The van der Waals surface area contributed by atoms with Crippen molar-refractivity contribution in [1.82, 2.24) is 4.98 Å². The Labute approximate surface area is 228 Å². The highest BCUT2D eigenvalue weighted by atomic mass is 32.2. The van der Waals surface area contributed by atoms with E-state index in [0.717, 1.165) is 26.5 Å². The van der Waals surface area contributed by atoms with Crippen LogP contribution in [0.2, 0.25) is 0 Å². The van der Waals surface area contributed by atoms with E-state index in [0.29, 0.717) is 17.2 Å². The largest absolute Gasteiger partial charge is 0.493 e. The zero-order chi connectivity index (χ0) is 25.6. The Morgan fingerprint density at radius 2 is 1.68 bits per heavy atom. The molecule has 2 aliphatic carbocycles. The summed E-state index contributed by atoms with van der Waals surface area (Å²) >= 11 is 9.02. The van der Waals surface area contributed by atoms with E-state index < -0.39 is 0 Å². The third kappa shape index (κ3) is 3.26. The summed E-state index contributed by atoms with van der Waals surface area (Å²) in [7, 11) is 3.29. The van der Waals surface area contributed by atoms with Crippen LogP contribution in [0.15, 0.2) is 47.5 Å². The summed E-state index contributed by atoms with van der Waals surface area (Å²) in [6.07, 6.45) is 0.913. The number of benzene rings is 2. The number of aromatic amines is 1. The summed E-state index contributed by atoms with van der Waals surface area (Å²) in [5.41, 5.74) is 2.92. The van der Waals surface area contributed by atoms with Crippen LogP contribution in [0.3, 0.4) is 0 Å². The highest BCUT2D eigenvalue weighted by Gasteiger charge is 2.69. The maximum Gasteiger partial charge on any atom is 0.238 e. The lowest BCUT2D eigenvalue weighted by Crippen LogP contribution is -2.42. The maximum absolute atomic E-state index is 13.9. The van der Waals surface area contributed by atoms with Crippen LogP contribution in [0.25, 0.3) is 0 Å². The monoisotopic (exact) mass is 550 g/mol. The molecule has 7 atom stereocenters. The first-order chi connectivity index (χ1) is 17.9. The molecule has 2 saturated carbocycles. The molecular weight excluding hydrogens is 525 g/mol. The van der Waals surface area contributed by atoms with Crippen LogP contribution < -0.4 is 14.4 Å². The Balaban J connectivity index is 1.32. The van der Waals surface area contributed by atoms with Crippen molar-refractivity contribution in [3.05, 3.63) is 62.4 Å². The van der Waals surface area contributed by atoms with Crippen molar-refractivity contribution < 1.29 is 19.1 Å². The van der Waals surface area contributed by atoms with Crippen LogP contribution in [0.5, 0.6) is 11.5 Å². The first-order valence-corrected chi connectivity index (χ1v) is 14.6. The Bertz CT molecular complexity index is 1500. The minimum absolute atomic E-state index is 0.0304. The molecule has 1 N–H and O–H groups in total. The number of nitrogens with zero attached hydrogens (tertiary/aromatic N) is 1. The first-order valence-electron chi connectivity index (χ1n) is 12.5. The summed E-state index contributed by atoms with van der Waals surface area (Å²) < 4.78 is 11.9. The number of rotatable bonds is 4. The predicted molar refractivity (Wildman–Crippen MR) is 146 cm³/mol. The van der Waals surface area contributed by atoms with Crippen molar-refractivity contribution in [2.24, 2.45) is 29.6 Å². The zero-order valence-corrected chi connectivity index (χ0v) is 23.0. The van der Waals surface area contributed by atoms with Crippen LogP contribution in [0, 0.1) is 40.5 Å². The molecule has 1 aromatic heterocycles. The Kier molecular flexibility index (Phi) is 5.36. The van der Waals surface area contributed by atoms with Crippen molar-refractivity contribution in [1.29, 1.82) is 0 Å². The van der Waals surface area contributed by atoms with E-state index in [2.05, 4.69) is 17.1 Å². The Morgan fingerprint density at radius 1 is 0.973 bits per heavy atom. The molecule has 4 aliphatic rings. The van der Waals surface area contributed by atoms with Gasteiger partial charge in [-0.3, -0.25) is 14.5 Å². The number of ether oxygens (including phenoxy) is 2. The number of hydrogen-bond acceptors (Lipinski definition) is 7. The third-order valence-electron chi connectivity index (χ3n) is 8.78. The van der Waals surface area contributed by atoms with Crippen LogP contribution >= 0.6 is 35.3 Å². The van der Waals surface area contributed by atoms with E-state index in [9.17, 15) is 9.59 Å². The molecule has 6 nitrogen and oxygen atoms in total. The number of hydrogen-bond donors (Lipinski definition) is 1. The van der Waals surface area contributed by atoms with Crippen LogP contribution in [0.1, 0.15) is 28.3 Å². The molecule has 2 aliphatic heterocycles. The minimum Gasteiger partial charge on any atom is -0.493 e. The van der Waals surface area contributed by atoms with Gasteiger partial charge in [-0.15, -0.1) is 23.1 Å². The summed E-state index contributed by atoms with van der Waals surface area (Å²) in [5, 5.41) is 1.35. The van der Waals surface area contributed by atoms with Gasteiger partial charge >= 0.3 is 0 Å². The number of carbonyl (C=O) groups excluding carboxylic acids is 2. The topological polar surface area (TPSA) is 71.6 Å². The van der Waals surface area contributed by atoms with Gasteiger partial charge in [0.2, 0.25) is 11.8 Å². The van der Waals surface area contributed by atoms with Gasteiger partial charge in [-0.25, -0.2) is 0 Å². The minimum atomic E-state index is -0.267. The summed E-state index contributed by atoms with van der Waals surface area (Å²) in [6, 6.07) is 13.8. The number of aromatic nitrogens is 1.